The van der Waals surface area contributed by atoms with Crippen molar-refractivity contribution in [3.63, 3.8) is 0 Å². The molecule has 0 aromatic carbocycles. The zero-order chi connectivity index (χ0) is 10.9. The van der Waals surface area contributed by atoms with E-state index in [0.29, 0.717) is 11.5 Å². The van der Waals surface area contributed by atoms with E-state index in [1.54, 1.807) is 0 Å². The van der Waals surface area contributed by atoms with E-state index >= 15 is 0 Å². The minimum atomic E-state index is 0.487. The normalized spacial score (nSPS) is 25.1. The van der Waals surface area contributed by atoms with E-state index in [0.717, 1.165) is 5.95 Å². The summed E-state index contributed by atoms with van der Waals surface area (Å²) in [7, 11) is 2.03. The molecule has 1 aliphatic carbocycles. The van der Waals surface area contributed by atoms with Crippen LogP contribution < -0.4 is 5.32 Å². The van der Waals surface area contributed by atoms with Gasteiger partial charge in [0.1, 0.15) is 0 Å². The second-order valence-electron chi connectivity index (χ2n) is 5.46. The van der Waals surface area contributed by atoms with Gasteiger partial charge in [0.15, 0.2) is 0 Å². The third-order valence-corrected chi connectivity index (χ3v) is 3.36. The first-order valence-corrected chi connectivity index (χ1v) is 5.81. The van der Waals surface area contributed by atoms with Gasteiger partial charge in [0.05, 0.1) is 0 Å². The molecule has 2 rings (SSSR count). The molecule has 84 valence electrons. The summed E-state index contributed by atoms with van der Waals surface area (Å²) in [6.07, 6.45) is 9.03. The number of aryl methyl sites for hydroxylation is 1. The number of hydrogen-bond acceptors (Lipinski definition) is 2. The summed E-state index contributed by atoms with van der Waals surface area (Å²) in [5, 5.41) is 3.54. The molecular formula is C12H21N3. The number of nitrogens with zero attached hydrogens (tertiary/aromatic N) is 2. The third-order valence-electron chi connectivity index (χ3n) is 3.36. The lowest BCUT2D eigenvalue weighted by molar-refractivity contribution is 0.229. The molecule has 15 heavy (non-hydrogen) atoms. The first-order chi connectivity index (χ1) is 7.07. The lowest BCUT2D eigenvalue weighted by Crippen LogP contribution is -2.32. The smallest absolute Gasteiger partial charge is 0.202 e. The molecule has 1 fully saturated rings. The van der Waals surface area contributed by atoms with Gasteiger partial charge in [-0.15, -0.1) is 0 Å². The molecule has 1 unspecified atom stereocenters. The van der Waals surface area contributed by atoms with E-state index in [1.807, 2.05) is 24.0 Å². The van der Waals surface area contributed by atoms with Crippen LogP contribution in [0.2, 0.25) is 0 Å². The van der Waals surface area contributed by atoms with Gasteiger partial charge in [-0.05, 0) is 24.7 Å². The first-order valence-electron chi connectivity index (χ1n) is 5.81. The highest BCUT2D eigenvalue weighted by Crippen LogP contribution is 2.36. The molecule has 3 nitrogen and oxygen atoms in total. The fraction of sp³-hybridized carbons (Fsp3) is 0.750. The van der Waals surface area contributed by atoms with Crippen molar-refractivity contribution in [1.82, 2.24) is 9.55 Å². The third kappa shape index (κ3) is 2.52. The van der Waals surface area contributed by atoms with Crippen LogP contribution >= 0.6 is 0 Å². The summed E-state index contributed by atoms with van der Waals surface area (Å²) in [5.74, 6) is 0.998. The fourth-order valence-electron chi connectivity index (χ4n) is 2.51. The van der Waals surface area contributed by atoms with E-state index in [9.17, 15) is 0 Å². The molecule has 1 heterocycles. The number of rotatable bonds is 2. The van der Waals surface area contributed by atoms with E-state index in [1.165, 1.54) is 25.7 Å². The SMILES string of the molecule is Cn1ccnc1NC1CCCC(C)(C)C1. The van der Waals surface area contributed by atoms with Crippen molar-refractivity contribution in [1.29, 1.82) is 0 Å². The van der Waals surface area contributed by atoms with Crippen LogP contribution in [0.15, 0.2) is 12.4 Å². The Bertz CT molecular complexity index is 327. The maximum atomic E-state index is 4.31. The molecule has 1 aromatic heterocycles. The minimum Gasteiger partial charge on any atom is -0.353 e. The second kappa shape index (κ2) is 3.87. The molecule has 0 saturated heterocycles. The Morgan fingerprint density at radius 2 is 2.33 bits per heavy atom. The number of hydrogen-bond donors (Lipinski definition) is 1. The van der Waals surface area contributed by atoms with Crippen molar-refractivity contribution < 1.29 is 0 Å². The summed E-state index contributed by atoms with van der Waals surface area (Å²) in [4.78, 5) is 4.31. The summed E-state index contributed by atoms with van der Waals surface area (Å²) in [6.45, 7) is 4.72. The highest BCUT2D eigenvalue weighted by atomic mass is 15.2. The fourth-order valence-corrected chi connectivity index (χ4v) is 2.51. The molecule has 0 amide bonds. The average Bonchev–Trinajstić information content (AvgIpc) is 2.50. The van der Waals surface area contributed by atoms with Crippen molar-refractivity contribution in [3.05, 3.63) is 12.4 Å². The monoisotopic (exact) mass is 207 g/mol. The maximum Gasteiger partial charge on any atom is 0.202 e. The Hall–Kier alpha value is -0.990. The van der Waals surface area contributed by atoms with E-state index in [2.05, 4.69) is 24.1 Å². The van der Waals surface area contributed by atoms with Gasteiger partial charge < -0.3 is 9.88 Å². The van der Waals surface area contributed by atoms with Crippen molar-refractivity contribution in [3.8, 4) is 0 Å². The molecule has 1 aliphatic rings. The average molecular weight is 207 g/mol. The van der Waals surface area contributed by atoms with Gasteiger partial charge in [-0.1, -0.05) is 20.3 Å². The van der Waals surface area contributed by atoms with Gasteiger partial charge in [0.25, 0.3) is 0 Å². The molecule has 0 aliphatic heterocycles. The highest BCUT2D eigenvalue weighted by Gasteiger charge is 2.28. The second-order valence-corrected chi connectivity index (χ2v) is 5.46. The zero-order valence-electron chi connectivity index (χ0n) is 9.95. The van der Waals surface area contributed by atoms with E-state index < -0.39 is 0 Å². The zero-order valence-corrected chi connectivity index (χ0v) is 9.95. The van der Waals surface area contributed by atoms with Gasteiger partial charge in [-0.25, -0.2) is 4.98 Å². The van der Waals surface area contributed by atoms with Crippen LogP contribution in [0.4, 0.5) is 5.95 Å². The van der Waals surface area contributed by atoms with Crippen LogP contribution in [0.25, 0.3) is 0 Å². The van der Waals surface area contributed by atoms with E-state index in [4.69, 9.17) is 0 Å². The Kier molecular flexibility index (Phi) is 2.72. The lowest BCUT2D eigenvalue weighted by Gasteiger charge is -2.35. The Morgan fingerprint density at radius 1 is 1.53 bits per heavy atom. The summed E-state index contributed by atoms with van der Waals surface area (Å²) in [5.41, 5.74) is 0.487. The van der Waals surface area contributed by atoms with Gasteiger partial charge in [-0.3, -0.25) is 0 Å². The molecule has 0 bridgehead atoms. The molecule has 1 atom stereocenters. The summed E-state index contributed by atoms with van der Waals surface area (Å²) >= 11 is 0. The van der Waals surface area contributed by atoms with Gasteiger partial charge in [-0.2, -0.15) is 0 Å². The Morgan fingerprint density at radius 3 is 2.93 bits per heavy atom. The highest BCUT2D eigenvalue weighted by molar-refractivity contribution is 5.27. The van der Waals surface area contributed by atoms with Crippen LogP contribution in [0, 0.1) is 5.41 Å². The van der Waals surface area contributed by atoms with E-state index in [-0.39, 0.29) is 0 Å². The molecular weight excluding hydrogens is 186 g/mol. The van der Waals surface area contributed by atoms with Gasteiger partial charge >= 0.3 is 0 Å². The topological polar surface area (TPSA) is 29.9 Å². The number of anilines is 1. The number of imidazole rings is 1. The van der Waals surface area contributed by atoms with Crippen LogP contribution in [0.3, 0.4) is 0 Å². The van der Waals surface area contributed by atoms with Crippen molar-refractivity contribution in [2.24, 2.45) is 12.5 Å². The number of aromatic nitrogens is 2. The quantitative estimate of drug-likeness (QED) is 0.808. The predicted octanol–water partition coefficient (Wildman–Crippen LogP) is 2.80. The van der Waals surface area contributed by atoms with Crippen molar-refractivity contribution in [2.75, 3.05) is 5.32 Å². The van der Waals surface area contributed by atoms with Gasteiger partial charge in [0.2, 0.25) is 5.95 Å². The van der Waals surface area contributed by atoms with Crippen LogP contribution in [0.5, 0.6) is 0 Å². The van der Waals surface area contributed by atoms with Crippen LogP contribution in [0.1, 0.15) is 39.5 Å². The molecule has 0 spiro atoms. The van der Waals surface area contributed by atoms with Crippen LogP contribution in [-0.2, 0) is 7.05 Å². The first kappa shape index (κ1) is 10.5. The molecule has 1 aromatic rings. The van der Waals surface area contributed by atoms with Crippen molar-refractivity contribution in [2.45, 2.75) is 45.6 Å². The molecule has 1 N–H and O–H groups in total. The minimum absolute atomic E-state index is 0.487. The van der Waals surface area contributed by atoms with Gasteiger partial charge in [0, 0.05) is 25.5 Å². The van der Waals surface area contributed by atoms with Crippen molar-refractivity contribution >= 4 is 5.95 Å². The Balaban J connectivity index is 1.98. The summed E-state index contributed by atoms with van der Waals surface area (Å²) < 4.78 is 2.04. The standard InChI is InChI=1S/C12H21N3/c1-12(2)6-4-5-10(9-12)14-11-13-7-8-15(11)3/h7-8,10H,4-6,9H2,1-3H3,(H,13,14). The van der Waals surface area contributed by atoms with Crippen LogP contribution in [-0.4, -0.2) is 15.6 Å². The molecule has 0 radical (unpaired) electrons. The molecule has 3 heteroatoms. The molecule has 1 saturated carbocycles. The Labute approximate surface area is 91.9 Å². The number of nitrogens with one attached hydrogen (secondary N) is 1. The largest absolute Gasteiger partial charge is 0.353 e. The summed E-state index contributed by atoms with van der Waals surface area (Å²) in [6, 6.07) is 0.592. The maximum absolute atomic E-state index is 4.31. The predicted molar refractivity (Wildman–Crippen MR) is 62.9 cm³/mol. The lowest BCUT2D eigenvalue weighted by atomic mass is 9.75.